The molecule has 4 nitrogen and oxygen atoms in total. The Morgan fingerprint density at radius 3 is 2.84 bits per heavy atom. The van der Waals surface area contributed by atoms with Gasteiger partial charge >= 0.3 is 0 Å². The van der Waals surface area contributed by atoms with Crippen molar-refractivity contribution in [2.24, 2.45) is 0 Å². The maximum absolute atomic E-state index is 5.71. The molecule has 2 aromatic heterocycles. The third kappa shape index (κ3) is 3.00. The molecular formula is C14H13N3OS. The standard InChI is InChI=1S/C14H13N3OS/c1-11-3-5-12(6-4-11)18-14-15-9-13(19-14)10-17-8-2-7-16-17/h2-9H,10H2,1H3. The Kier molecular flexibility index (Phi) is 3.29. The Morgan fingerprint density at radius 1 is 1.26 bits per heavy atom. The van der Waals surface area contributed by atoms with Gasteiger partial charge in [0, 0.05) is 23.5 Å². The third-order valence-corrected chi connectivity index (χ3v) is 3.50. The molecule has 1 aromatic carbocycles. The summed E-state index contributed by atoms with van der Waals surface area (Å²) in [6, 6.07) is 9.85. The summed E-state index contributed by atoms with van der Waals surface area (Å²) in [6.45, 7) is 2.78. The molecule has 0 fully saturated rings. The molecule has 96 valence electrons. The summed E-state index contributed by atoms with van der Waals surface area (Å²) in [6.07, 6.45) is 5.53. The average Bonchev–Trinajstić information content (AvgIpc) is 3.05. The fraction of sp³-hybridized carbons (Fsp3) is 0.143. The molecule has 0 saturated heterocycles. The topological polar surface area (TPSA) is 39.9 Å². The van der Waals surface area contributed by atoms with Crippen LogP contribution in [0.15, 0.2) is 48.9 Å². The summed E-state index contributed by atoms with van der Waals surface area (Å²) >= 11 is 1.54. The van der Waals surface area contributed by atoms with Crippen LogP contribution in [0.25, 0.3) is 0 Å². The number of benzene rings is 1. The van der Waals surface area contributed by atoms with Crippen molar-refractivity contribution < 1.29 is 4.74 Å². The zero-order valence-electron chi connectivity index (χ0n) is 10.5. The molecule has 3 aromatic rings. The minimum absolute atomic E-state index is 0.658. The maximum Gasteiger partial charge on any atom is 0.278 e. The molecule has 0 unspecified atom stereocenters. The van der Waals surface area contributed by atoms with Gasteiger partial charge in [-0.1, -0.05) is 29.0 Å². The first-order valence-electron chi connectivity index (χ1n) is 5.96. The van der Waals surface area contributed by atoms with Gasteiger partial charge < -0.3 is 4.74 Å². The molecule has 0 radical (unpaired) electrons. The van der Waals surface area contributed by atoms with Gasteiger partial charge in [0.25, 0.3) is 5.19 Å². The van der Waals surface area contributed by atoms with Crippen molar-refractivity contribution in [2.45, 2.75) is 13.5 Å². The lowest BCUT2D eigenvalue weighted by molar-refractivity contribution is 0.478. The van der Waals surface area contributed by atoms with E-state index >= 15 is 0 Å². The Morgan fingerprint density at radius 2 is 2.11 bits per heavy atom. The second kappa shape index (κ2) is 5.24. The predicted octanol–water partition coefficient (Wildman–Crippen LogP) is 3.49. The van der Waals surface area contributed by atoms with Crippen LogP contribution in [0, 0.1) is 6.92 Å². The van der Waals surface area contributed by atoms with Gasteiger partial charge in [-0.05, 0) is 25.1 Å². The molecule has 0 saturated carbocycles. The fourth-order valence-corrected chi connectivity index (χ4v) is 2.44. The Balaban J connectivity index is 1.69. The summed E-state index contributed by atoms with van der Waals surface area (Å²) in [4.78, 5) is 5.39. The van der Waals surface area contributed by atoms with E-state index < -0.39 is 0 Å². The smallest absolute Gasteiger partial charge is 0.278 e. The van der Waals surface area contributed by atoms with Gasteiger partial charge in [0.2, 0.25) is 0 Å². The maximum atomic E-state index is 5.71. The van der Waals surface area contributed by atoms with E-state index in [4.69, 9.17) is 4.74 Å². The number of ether oxygens (including phenoxy) is 1. The number of aryl methyl sites for hydroxylation is 1. The van der Waals surface area contributed by atoms with Crippen molar-refractivity contribution >= 4 is 11.3 Å². The van der Waals surface area contributed by atoms with Crippen LogP contribution in [0.4, 0.5) is 0 Å². The highest BCUT2D eigenvalue weighted by Gasteiger charge is 2.05. The molecule has 0 aliphatic carbocycles. The van der Waals surface area contributed by atoms with Gasteiger partial charge in [-0.15, -0.1) is 0 Å². The zero-order valence-corrected chi connectivity index (χ0v) is 11.3. The molecule has 0 N–H and O–H groups in total. The van der Waals surface area contributed by atoms with E-state index in [0.29, 0.717) is 5.19 Å². The summed E-state index contributed by atoms with van der Waals surface area (Å²) in [5, 5.41) is 4.83. The van der Waals surface area contributed by atoms with E-state index in [1.54, 1.807) is 6.20 Å². The zero-order chi connectivity index (χ0) is 13.1. The van der Waals surface area contributed by atoms with Crippen LogP contribution < -0.4 is 4.74 Å². The van der Waals surface area contributed by atoms with Crippen LogP contribution in [0.3, 0.4) is 0 Å². The normalized spacial score (nSPS) is 10.6. The molecule has 5 heteroatoms. The Bertz CT molecular complexity index is 644. The fourth-order valence-electron chi connectivity index (χ4n) is 1.67. The second-order valence-electron chi connectivity index (χ2n) is 4.21. The summed E-state index contributed by atoms with van der Waals surface area (Å²) in [7, 11) is 0. The van der Waals surface area contributed by atoms with E-state index in [2.05, 4.69) is 17.0 Å². The highest BCUT2D eigenvalue weighted by Crippen LogP contribution is 2.26. The molecule has 0 aliphatic rings. The van der Waals surface area contributed by atoms with Crippen molar-refractivity contribution in [3.63, 3.8) is 0 Å². The van der Waals surface area contributed by atoms with Crippen LogP contribution in [0.5, 0.6) is 10.9 Å². The number of thiazole rings is 1. The lowest BCUT2D eigenvalue weighted by Crippen LogP contribution is -1.97. The summed E-state index contributed by atoms with van der Waals surface area (Å²) in [5.41, 5.74) is 1.21. The first-order chi connectivity index (χ1) is 9.29. The number of hydrogen-bond acceptors (Lipinski definition) is 4. The minimum Gasteiger partial charge on any atom is -0.431 e. The molecule has 0 bridgehead atoms. The van der Waals surface area contributed by atoms with Crippen LogP contribution in [0.2, 0.25) is 0 Å². The number of hydrogen-bond donors (Lipinski definition) is 0. The molecule has 3 rings (SSSR count). The van der Waals surface area contributed by atoms with Crippen LogP contribution in [-0.2, 0) is 6.54 Å². The van der Waals surface area contributed by atoms with Gasteiger partial charge in [0.05, 0.1) is 6.54 Å². The van der Waals surface area contributed by atoms with Gasteiger partial charge in [0.15, 0.2) is 0 Å². The van der Waals surface area contributed by atoms with Gasteiger partial charge in [0.1, 0.15) is 5.75 Å². The minimum atomic E-state index is 0.658. The van der Waals surface area contributed by atoms with Crippen LogP contribution in [0.1, 0.15) is 10.4 Å². The molecule has 2 heterocycles. The Hall–Kier alpha value is -2.14. The average molecular weight is 271 g/mol. The SMILES string of the molecule is Cc1ccc(Oc2ncc(Cn3cccn3)s2)cc1. The van der Waals surface area contributed by atoms with E-state index in [1.165, 1.54) is 16.9 Å². The lowest BCUT2D eigenvalue weighted by Gasteiger charge is -2.01. The number of rotatable bonds is 4. The van der Waals surface area contributed by atoms with E-state index in [-0.39, 0.29) is 0 Å². The number of aromatic nitrogens is 3. The highest BCUT2D eigenvalue weighted by molar-refractivity contribution is 7.13. The number of nitrogens with zero attached hydrogens (tertiary/aromatic N) is 3. The first-order valence-corrected chi connectivity index (χ1v) is 6.78. The summed E-state index contributed by atoms with van der Waals surface area (Å²) in [5.74, 6) is 0.811. The predicted molar refractivity (Wildman–Crippen MR) is 74.7 cm³/mol. The molecule has 0 spiro atoms. The first kappa shape index (κ1) is 11.9. The third-order valence-electron chi connectivity index (χ3n) is 2.64. The van der Waals surface area contributed by atoms with Gasteiger partial charge in [-0.2, -0.15) is 5.10 Å². The second-order valence-corrected chi connectivity index (χ2v) is 5.29. The van der Waals surface area contributed by atoms with Gasteiger partial charge in [-0.3, -0.25) is 4.68 Å². The van der Waals surface area contributed by atoms with E-state index in [0.717, 1.165) is 17.2 Å². The highest BCUT2D eigenvalue weighted by atomic mass is 32.1. The molecule has 0 atom stereocenters. The van der Waals surface area contributed by atoms with Crippen LogP contribution >= 0.6 is 11.3 Å². The molecule has 0 aliphatic heterocycles. The van der Waals surface area contributed by atoms with Crippen molar-refractivity contribution in [3.05, 3.63) is 59.4 Å². The monoisotopic (exact) mass is 271 g/mol. The van der Waals surface area contributed by atoms with Crippen LogP contribution in [-0.4, -0.2) is 14.8 Å². The molecule has 0 amide bonds. The Labute approximate surface area is 115 Å². The largest absolute Gasteiger partial charge is 0.431 e. The summed E-state index contributed by atoms with van der Waals surface area (Å²) < 4.78 is 7.58. The van der Waals surface area contributed by atoms with Crippen molar-refractivity contribution in [1.29, 1.82) is 0 Å². The van der Waals surface area contributed by atoms with E-state index in [1.807, 2.05) is 47.4 Å². The van der Waals surface area contributed by atoms with E-state index in [9.17, 15) is 0 Å². The lowest BCUT2D eigenvalue weighted by atomic mass is 10.2. The van der Waals surface area contributed by atoms with Gasteiger partial charge in [-0.25, -0.2) is 4.98 Å². The van der Waals surface area contributed by atoms with Crippen molar-refractivity contribution in [1.82, 2.24) is 14.8 Å². The quantitative estimate of drug-likeness (QED) is 0.729. The van der Waals surface area contributed by atoms with Crippen molar-refractivity contribution in [2.75, 3.05) is 0 Å². The van der Waals surface area contributed by atoms with Crippen molar-refractivity contribution in [3.8, 4) is 10.9 Å². The molecular weight excluding hydrogens is 258 g/mol. The molecule has 19 heavy (non-hydrogen) atoms.